The third-order valence-corrected chi connectivity index (χ3v) is 3.40. The van der Waals surface area contributed by atoms with E-state index in [4.69, 9.17) is 4.74 Å². The summed E-state index contributed by atoms with van der Waals surface area (Å²) in [5.41, 5.74) is 2.02. The van der Waals surface area contributed by atoms with E-state index in [0.29, 0.717) is 11.1 Å². The van der Waals surface area contributed by atoms with Gasteiger partial charge in [-0.05, 0) is 29.2 Å². The Labute approximate surface area is 113 Å². The van der Waals surface area contributed by atoms with Gasteiger partial charge in [-0.15, -0.1) is 5.10 Å². The standard InChI is InChI=1S/C14H10N2O2S/c17-14(18-9-10-5-2-1-3-6-10)11-7-4-8-12-13(11)15-16-19-12/h1-8H,9H2. The molecule has 1 aromatic heterocycles. The summed E-state index contributed by atoms with van der Waals surface area (Å²) in [7, 11) is 0. The number of hydrogen-bond acceptors (Lipinski definition) is 5. The van der Waals surface area contributed by atoms with Gasteiger partial charge >= 0.3 is 5.97 Å². The van der Waals surface area contributed by atoms with Crippen molar-refractivity contribution in [1.82, 2.24) is 9.59 Å². The first kappa shape index (κ1) is 11.8. The van der Waals surface area contributed by atoms with Crippen LogP contribution in [0.25, 0.3) is 10.2 Å². The second-order valence-electron chi connectivity index (χ2n) is 3.99. The number of carbonyl (C=O) groups is 1. The Morgan fingerprint density at radius 2 is 1.95 bits per heavy atom. The van der Waals surface area contributed by atoms with E-state index in [1.807, 2.05) is 36.4 Å². The van der Waals surface area contributed by atoms with Crippen molar-refractivity contribution in [2.45, 2.75) is 6.61 Å². The summed E-state index contributed by atoms with van der Waals surface area (Å²) in [4.78, 5) is 12.0. The van der Waals surface area contributed by atoms with Gasteiger partial charge in [-0.3, -0.25) is 0 Å². The molecular weight excluding hydrogens is 260 g/mol. The van der Waals surface area contributed by atoms with Crippen LogP contribution in [0, 0.1) is 0 Å². The van der Waals surface area contributed by atoms with Crippen LogP contribution in [0.2, 0.25) is 0 Å². The number of aromatic nitrogens is 2. The molecule has 0 bridgehead atoms. The van der Waals surface area contributed by atoms with Crippen LogP contribution in [-0.4, -0.2) is 15.6 Å². The van der Waals surface area contributed by atoms with Gasteiger partial charge in [0.25, 0.3) is 0 Å². The summed E-state index contributed by atoms with van der Waals surface area (Å²) in [5.74, 6) is -0.373. The zero-order valence-corrected chi connectivity index (χ0v) is 10.8. The van der Waals surface area contributed by atoms with Crippen LogP contribution >= 0.6 is 11.5 Å². The van der Waals surface area contributed by atoms with Crippen LogP contribution in [0.5, 0.6) is 0 Å². The van der Waals surface area contributed by atoms with Gasteiger partial charge in [0, 0.05) is 0 Å². The second-order valence-corrected chi connectivity index (χ2v) is 4.77. The van der Waals surface area contributed by atoms with Crippen molar-refractivity contribution < 1.29 is 9.53 Å². The summed E-state index contributed by atoms with van der Waals surface area (Å²) in [6.07, 6.45) is 0. The Kier molecular flexibility index (Phi) is 3.20. The smallest absolute Gasteiger partial charge is 0.340 e. The summed E-state index contributed by atoms with van der Waals surface area (Å²) < 4.78 is 10.0. The number of hydrogen-bond donors (Lipinski definition) is 0. The molecule has 0 fully saturated rings. The van der Waals surface area contributed by atoms with Gasteiger partial charge in [-0.2, -0.15) is 0 Å². The Morgan fingerprint density at radius 3 is 2.79 bits per heavy atom. The molecule has 0 unspecified atom stereocenters. The molecule has 0 saturated carbocycles. The van der Waals surface area contributed by atoms with Gasteiger partial charge < -0.3 is 4.74 Å². The molecule has 0 aliphatic carbocycles. The molecule has 0 aliphatic heterocycles. The maximum absolute atomic E-state index is 12.0. The van der Waals surface area contributed by atoms with Crippen molar-refractivity contribution in [1.29, 1.82) is 0 Å². The van der Waals surface area contributed by atoms with Gasteiger partial charge in [0.1, 0.15) is 12.1 Å². The fraction of sp³-hybridized carbons (Fsp3) is 0.0714. The first-order chi connectivity index (χ1) is 9.34. The van der Waals surface area contributed by atoms with Crippen molar-refractivity contribution in [3.8, 4) is 0 Å². The highest BCUT2D eigenvalue weighted by molar-refractivity contribution is 7.13. The Morgan fingerprint density at radius 1 is 1.11 bits per heavy atom. The molecule has 3 aromatic rings. The number of nitrogens with zero attached hydrogens (tertiary/aromatic N) is 2. The van der Waals surface area contributed by atoms with Crippen LogP contribution in [-0.2, 0) is 11.3 Å². The van der Waals surface area contributed by atoms with E-state index >= 15 is 0 Å². The molecule has 3 rings (SSSR count). The minimum Gasteiger partial charge on any atom is -0.457 e. The molecule has 1 heterocycles. The summed E-state index contributed by atoms with van der Waals surface area (Å²) in [6.45, 7) is 0.258. The molecule has 5 heteroatoms. The highest BCUT2D eigenvalue weighted by Gasteiger charge is 2.13. The normalized spacial score (nSPS) is 10.5. The number of carbonyl (C=O) groups excluding carboxylic acids is 1. The lowest BCUT2D eigenvalue weighted by Gasteiger charge is -2.05. The molecule has 94 valence electrons. The lowest BCUT2D eigenvalue weighted by atomic mass is 10.2. The van der Waals surface area contributed by atoms with Crippen LogP contribution < -0.4 is 0 Å². The molecule has 0 saturated heterocycles. The molecule has 19 heavy (non-hydrogen) atoms. The van der Waals surface area contributed by atoms with E-state index < -0.39 is 0 Å². The Bertz CT molecular complexity index is 710. The maximum Gasteiger partial charge on any atom is 0.340 e. The summed E-state index contributed by atoms with van der Waals surface area (Å²) in [5, 5.41) is 3.96. The van der Waals surface area contributed by atoms with Gasteiger partial charge in [0.2, 0.25) is 0 Å². The van der Waals surface area contributed by atoms with E-state index in [9.17, 15) is 4.79 Å². The number of rotatable bonds is 3. The quantitative estimate of drug-likeness (QED) is 0.686. The van der Waals surface area contributed by atoms with Gasteiger partial charge in [0.05, 0.1) is 10.3 Å². The zero-order valence-electron chi connectivity index (χ0n) is 9.95. The minimum absolute atomic E-state index is 0.258. The predicted molar refractivity (Wildman–Crippen MR) is 73.0 cm³/mol. The van der Waals surface area contributed by atoms with Crippen LogP contribution in [0.3, 0.4) is 0 Å². The third kappa shape index (κ3) is 2.46. The number of benzene rings is 2. The zero-order chi connectivity index (χ0) is 13.1. The third-order valence-electron chi connectivity index (χ3n) is 2.71. The summed E-state index contributed by atoms with van der Waals surface area (Å²) >= 11 is 1.26. The lowest BCUT2D eigenvalue weighted by Crippen LogP contribution is -2.05. The minimum atomic E-state index is -0.373. The van der Waals surface area contributed by atoms with Crippen molar-refractivity contribution in [3.05, 3.63) is 59.7 Å². The molecule has 0 aliphatic rings. The van der Waals surface area contributed by atoms with Gasteiger partial charge in [-0.1, -0.05) is 40.9 Å². The van der Waals surface area contributed by atoms with Crippen LogP contribution in [0.4, 0.5) is 0 Å². The second kappa shape index (κ2) is 5.16. The predicted octanol–water partition coefficient (Wildman–Crippen LogP) is 3.05. The van der Waals surface area contributed by atoms with Crippen molar-refractivity contribution >= 4 is 27.7 Å². The molecule has 0 atom stereocenters. The molecule has 0 N–H and O–H groups in total. The Balaban J connectivity index is 1.79. The highest BCUT2D eigenvalue weighted by Crippen LogP contribution is 2.20. The SMILES string of the molecule is O=C(OCc1ccccc1)c1cccc2snnc12. The van der Waals surface area contributed by atoms with E-state index in [2.05, 4.69) is 9.59 Å². The van der Waals surface area contributed by atoms with E-state index in [1.165, 1.54) is 11.5 Å². The topological polar surface area (TPSA) is 52.1 Å². The van der Waals surface area contributed by atoms with Crippen molar-refractivity contribution in [3.63, 3.8) is 0 Å². The van der Waals surface area contributed by atoms with E-state index in [-0.39, 0.29) is 12.6 Å². The summed E-state index contributed by atoms with van der Waals surface area (Å²) in [6, 6.07) is 15.0. The fourth-order valence-corrected chi connectivity index (χ4v) is 2.36. The lowest BCUT2D eigenvalue weighted by molar-refractivity contribution is 0.0475. The molecule has 0 amide bonds. The van der Waals surface area contributed by atoms with Crippen LogP contribution in [0.1, 0.15) is 15.9 Å². The molecular formula is C14H10N2O2S. The average molecular weight is 270 g/mol. The number of fused-ring (bicyclic) bond motifs is 1. The highest BCUT2D eigenvalue weighted by atomic mass is 32.1. The van der Waals surface area contributed by atoms with E-state index in [1.54, 1.807) is 12.1 Å². The molecule has 0 radical (unpaired) electrons. The average Bonchev–Trinajstić information content (AvgIpc) is 2.94. The van der Waals surface area contributed by atoms with Gasteiger partial charge in [0.15, 0.2) is 0 Å². The van der Waals surface area contributed by atoms with Crippen molar-refractivity contribution in [2.24, 2.45) is 0 Å². The first-order valence-corrected chi connectivity index (χ1v) is 6.54. The number of ether oxygens (including phenoxy) is 1. The van der Waals surface area contributed by atoms with Gasteiger partial charge in [-0.25, -0.2) is 4.79 Å². The largest absolute Gasteiger partial charge is 0.457 e. The maximum atomic E-state index is 12.0. The van der Waals surface area contributed by atoms with E-state index in [0.717, 1.165) is 10.3 Å². The Hall–Kier alpha value is -2.27. The fourth-order valence-electron chi connectivity index (χ4n) is 1.77. The first-order valence-electron chi connectivity index (χ1n) is 5.77. The monoisotopic (exact) mass is 270 g/mol. The molecule has 0 spiro atoms. The molecule has 4 nitrogen and oxygen atoms in total. The van der Waals surface area contributed by atoms with Crippen molar-refractivity contribution in [2.75, 3.05) is 0 Å². The van der Waals surface area contributed by atoms with Crippen LogP contribution in [0.15, 0.2) is 48.5 Å². The molecule has 2 aromatic carbocycles. The number of esters is 1.